The van der Waals surface area contributed by atoms with Crippen molar-refractivity contribution in [3.63, 3.8) is 0 Å². The van der Waals surface area contributed by atoms with Crippen molar-refractivity contribution in [3.8, 4) is 34.2 Å². The molecule has 0 amide bonds. The first-order valence-electron chi connectivity index (χ1n) is 10.2. The van der Waals surface area contributed by atoms with Crippen molar-refractivity contribution in [2.24, 2.45) is 0 Å². The van der Waals surface area contributed by atoms with Gasteiger partial charge in [0.05, 0.1) is 4.88 Å². The standard InChI is InChI=1S/C26H16FNO5S/c1-14-10-17(27)6-8-19(14)24(31)25-23(20-9-7-18(30)11-21(20)34-25)15-2-4-16(5-3-15)26-28-22(12-32-26)33-13-29/h2-13,30H,1H3. The summed E-state index contributed by atoms with van der Waals surface area (Å²) in [5.74, 6) is -0.188. The fourth-order valence-electron chi connectivity index (χ4n) is 3.81. The van der Waals surface area contributed by atoms with Crippen LogP contribution in [0, 0.1) is 12.7 Å². The fourth-order valence-corrected chi connectivity index (χ4v) is 5.02. The summed E-state index contributed by atoms with van der Waals surface area (Å²) in [5.41, 5.74) is 3.11. The Morgan fingerprint density at radius 1 is 1.09 bits per heavy atom. The summed E-state index contributed by atoms with van der Waals surface area (Å²) in [7, 11) is 0. The van der Waals surface area contributed by atoms with E-state index in [0.29, 0.717) is 21.6 Å². The summed E-state index contributed by atoms with van der Waals surface area (Å²) in [6, 6.07) is 16.3. The lowest BCUT2D eigenvalue weighted by Crippen LogP contribution is -2.03. The number of ether oxygens (including phenoxy) is 1. The van der Waals surface area contributed by atoms with Crippen LogP contribution in [0.15, 0.2) is 71.3 Å². The molecule has 0 aliphatic carbocycles. The van der Waals surface area contributed by atoms with Crippen molar-refractivity contribution in [1.82, 2.24) is 4.98 Å². The fraction of sp³-hybridized carbons (Fsp3) is 0.0385. The number of aromatic nitrogens is 1. The molecule has 5 rings (SSSR count). The van der Waals surface area contributed by atoms with Crippen LogP contribution in [0.3, 0.4) is 0 Å². The highest BCUT2D eigenvalue weighted by atomic mass is 32.1. The van der Waals surface area contributed by atoms with Crippen LogP contribution < -0.4 is 4.74 Å². The second kappa shape index (κ2) is 8.57. The summed E-state index contributed by atoms with van der Waals surface area (Å²) < 4.78 is 24.4. The lowest BCUT2D eigenvalue weighted by Gasteiger charge is -2.08. The van der Waals surface area contributed by atoms with Gasteiger partial charge < -0.3 is 14.3 Å². The molecule has 0 fully saturated rings. The number of hydrogen-bond acceptors (Lipinski definition) is 7. The van der Waals surface area contributed by atoms with Gasteiger partial charge in [0.1, 0.15) is 11.6 Å². The Balaban J connectivity index is 1.62. The first kappa shape index (κ1) is 21.5. The number of halogens is 1. The number of carbonyl (C=O) groups is 2. The minimum atomic E-state index is -0.403. The Hall–Kier alpha value is -4.30. The van der Waals surface area contributed by atoms with Gasteiger partial charge in [0, 0.05) is 26.8 Å². The number of thiophene rings is 1. The van der Waals surface area contributed by atoms with Gasteiger partial charge in [0.15, 0.2) is 6.26 Å². The van der Waals surface area contributed by atoms with Gasteiger partial charge in [-0.1, -0.05) is 12.1 Å². The van der Waals surface area contributed by atoms with E-state index in [2.05, 4.69) is 9.72 Å². The van der Waals surface area contributed by atoms with E-state index in [9.17, 15) is 19.1 Å². The summed E-state index contributed by atoms with van der Waals surface area (Å²) in [5, 5.41) is 10.8. The van der Waals surface area contributed by atoms with E-state index in [1.54, 1.807) is 37.3 Å². The topological polar surface area (TPSA) is 89.6 Å². The summed E-state index contributed by atoms with van der Waals surface area (Å²) in [4.78, 5) is 28.6. The van der Waals surface area contributed by atoms with E-state index in [-0.39, 0.29) is 29.8 Å². The lowest BCUT2D eigenvalue weighted by molar-refractivity contribution is -0.120. The Kier molecular flexibility index (Phi) is 5.43. The number of phenolic OH excluding ortho intramolecular Hbond substituents is 1. The van der Waals surface area contributed by atoms with Crippen LogP contribution in [-0.4, -0.2) is 22.3 Å². The number of aryl methyl sites for hydroxylation is 1. The van der Waals surface area contributed by atoms with Crippen LogP contribution in [0.1, 0.15) is 20.8 Å². The zero-order valence-corrected chi connectivity index (χ0v) is 18.6. The molecule has 0 atom stereocenters. The molecule has 34 heavy (non-hydrogen) atoms. The van der Waals surface area contributed by atoms with E-state index in [4.69, 9.17) is 4.42 Å². The molecular weight excluding hydrogens is 457 g/mol. The maximum Gasteiger partial charge on any atom is 0.299 e. The highest BCUT2D eigenvalue weighted by Gasteiger charge is 2.23. The number of phenols is 1. The van der Waals surface area contributed by atoms with E-state index >= 15 is 0 Å². The average Bonchev–Trinajstić information content (AvgIpc) is 3.43. The van der Waals surface area contributed by atoms with Crippen molar-refractivity contribution in [2.75, 3.05) is 0 Å². The van der Waals surface area contributed by atoms with E-state index in [1.807, 2.05) is 12.1 Å². The third-order valence-electron chi connectivity index (χ3n) is 5.39. The first-order chi connectivity index (χ1) is 16.4. The molecule has 8 heteroatoms. The predicted molar refractivity (Wildman–Crippen MR) is 126 cm³/mol. The second-order valence-electron chi connectivity index (χ2n) is 7.56. The van der Waals surface area contributed by atoms with Crippen molar-refractivity contribution in [1.29, 1.82) is 0 Å². The van der Waals surface area contributed by atoms with E-state index < -0.39 is 5.82 Å². The van der Waals surface area contributed by atoms with Gasteiger partial charge in [0.25, 0.3) is 12.4 Å². The number of oxazole rings is 1. The molecular formula is C26H16FNO5S. The molecule has 2 aromatic heterocycles. The van der Waals surface area contributed by atoms with Crippen LogP contribution in [-0.2, 0) is 4.79 Å². The van der Waals surface area contributed by atoms with Gasteiger partial charge in [-0.25, -0.2) is 4.39 Å². The number of rotatable bonds is 6. The van der Waals surface area contributed by atoms with Crippen LogP contribution in [0.25, 0.3) is 32.7 Å². The van der Waals surface area contributed by atoms with E-state index in [0.717, 1.165) is 21.2 Å². The number of carbonyl (C=O) groups excluding carboxylic acids is 2. The summed E-state index contributed by atoms with van der Waals surface area (Å²) >= 11 is 1.27. The van der Waals surface area contributed by atoms with Gasteiger partial charge in [-0.2, -0.15) is 4.98 Å². The SMILES string of the molecule is Cc1cc(F)ccc1C(=O)c1sc2cc(O)ccc2c1-c1ccc(-c2nc(OC=O)co2)cc1. The van der Waals surface area contributed by atoms with Crippen molar-refractivity contribution in [2.45, 2.75) is 6.92 Å². The van der Waals surface area contributed by atoms with Gasteiger partial charge in [0.2, 0.25) is 11.7 Å². The molecule has 2 heterocycles. The molecule has 6 nitrogen and oxygen atoms in total. The number of benzene rings is 3. The van der Waals surface area contributed by atoms with Crippen LogP contribution in [0.4, 0.5) is 4.39 Å². The largest absolute Gasteiger partial charge is 0.508 e. The zero-order chi connectivity index (χ0) is 23.8. The highest BCUT2D eigenvalue weighted by molar-refractivity contribution is 7.21. The zero-order valence-electron chi connectivity index (χ0n) is 17.7. The van der Waals surface area contributed by atoms with E-state index in [1.165, 1.54) is 35.8 Å². The Morgan fingerprint density at radius 3 is 2.59 bits per heavy atom. The van der Waals surface area contributed by atoms with Crippen LogP contribution >= 0.6 is 11.3 Å². The Labute approximate surface area is 196 Å². The molecule has 0 saturated heterocycles. The Morgan fingerprint density at radius 2 is 1.85 bits per heavy atom. The maximum absolute atomic E-state index is 13.6. The lowest BCUT2D eigenvalue weighted by atomic mass is 9.96. The van der Waals surface area contributed by atoms with Gasteiger partial charge in [-0.05, 0) is 66.6 Å². The third kappa shape index (κ3) is 3.84. The minimum Gasteiger partial charge on any atom is -0.508 e. The number of ketones is 1. The highest BCUT2D eigenvalue weighted by Crippen LogP contribution is 2.42. The van der Waals surface area contributed by atoms with Gasteiger partial charge >= 0.3 is 0 Å². The summed E-state index contributed by atoms with van der Waals surface area (Å²) in [6.07, 6.45) is 1.23. The normalized spacial score (nSPS) is 11.0. The average molecular weight is 473 g/mol. The monoisotopic (exact) mass is 473 g/mol. The smallest absolute Gasteiger partial charge is 0.299 e. The van der Waals surface area contributed by atoms with Gasteiger partial charge in [-0.15, -0.1) is 11.3 Å². The molecule has 0 aliphatic heterocycles. The van der Waals surface area contributed by atoms with Crippen molar-refractivity contribution < 1.29 is 28.2 Å². The molecule has 0 unspecified atom stereocenters. The quantitative estimate of drug-likeness (QED) is 0.235. The number of hydrogen-bond donors (Lipinski definition) is 1. The van der Waals surface area contributed by atoms with Crippen molar-refractivity contribution >= 4 is 33.7 Å². The number of aromatic hydroxyl groups is 1. The van der Waals surface area contributed by atoms with Gasteiger partial charge in [-0.3, -0.25) is 9.59 Å². The molecule has 0 spiro atoms. The maximum atomic E-state index is 13.6. The van der Waals surface area contributed by atoms with Crippen LogP contribution in [0.2, 0.25) is 0 Å². The summed E-state index contributed by atoms with van der Waals surface area (Å²) in [6.45, 7) is 1.97. The molecule has 3 aromatic carbocycles. The molecule has 5 aromatic rings. The molecule has 0 aliphatic rings. The molecule has 168 valence electrons. The number of fused-ring (bicyclic) bond motifs is 1. The van der Waals surface area contributed by atoms with Crippen molar-refractivity contribution in [3.05, 3.63) is 88.7 Å². The molecule has 0 radical (unpaired) electrons. The minimum absolute atomic E-state index is 0.0558. The molecule has 1 N–H and O–H groups in total. The predicted octanol–water partition coefficient (Wildman–Crippen LogP) is 6.14. The van der Waals surface area contributed by atoms with Crippen LogP contribution in [0.5, 0.6) is 11.6 Å². The first-order valence-corrected chi connectivity index (χ1v) is 11.0. The second-order valence-corrected chi connectivity index (χ2v) is 8.61. The molecule has 0 bridgehead atoms. The number of nitrogens with zero attached hydrogens (tertiary/aromatic N) is 1. The Bertz CT molecular complexity index is 1550. The molecule has 0 saturated carbocycles. The third-order valence-corrected chi connectivity index (χ3v) is 6.54.